The Kier molecular flexibility index (Phi) is 7.43. The molecule has 0 spiro atoms. The van der Waals surface area contributed by atoms with Gasteiger partial charge in [-0.1, -0.05) is 41.5 Å². The molecule has 0 unspecified atom stereocenters. The molecule has 0 saturated carbocycles. The van der Waals surface area contributed by atoms with Crippen molar-refractivity contribution in [2.75, 3.05) is 13.1 Å². The molecule has 0 bridgehead atoms. The van der Waals surface area contributed by atoms with Gasteiger partial charge >= 0.3 is 0 Å². The van der Waals surface area contributed by atoms with Gasteiger partial charge in [0.05, 0.1) is 18.3 Å². The van der Waals surface area contributed by atoms with Gasteiger partial charge in [0.25, 0.3) is 0 Å². The third-order valence-electron chi connectivity index (χ3n) is 5.49. The van der Waals surface area contributed by atoms with Crippen LogP contribution < -0.4 is 0 Å². The maximum Gasteiger partial charge on any atom is 0.123 e. The van der Waals surface area contributed by atoms with Crippen molar-refractivity contribution in [3.63, 3.8) is 0 Å². The number of rotatable bonds is 3. The fourth-order valence-corrected chi connectivity index (χ4v) is 4.56. The number of hydrogen-bond acceptors (Lipinski definition) is 5. The summed E-state index contributed by atoms with van der Waals surface area (Å²) >= 11 is 1.69. The van der Waals surface area contributed by atoms with Gasteiger partial charge in [0.2, 0.25) is 0 Å². The summed E-state index contributed by atoms with van der Waals surface area (Å²) < 4.78 is 0. The average Bonchev–Trinajstić information content (AvgIpc) is 3.03. The van der Waals surface area contributed by atoms with E-state index in [-0.39, 0.29) is 29.3 Å². The number of likely N-dealkylation sites (tertiary alicyclic amines) is 1. The molecule has 6 heteroatoms. The Morgan fingerprint density at radius 1 is 1.03 bits per heavy atom. The predicted molar refractivity (Wildman–Crippen MR) is 124 cm³/mol. The van der Waals surface area contributed by atoms with E-state index in [1.54, 1.807) is 11.3 Å². The van der Waals surface area contributed by atoms with E-state index in [1.165, 1.54) is 0 Å². The van der Waals surface area contributed by atoms with Gasteiger partial charge in [0, 0.05) is 35.2 Å². The van der Waals surface area contributed by atoms with Crippen molar-refractivity contribution in [2.45, 2.75) is 77.9 Å². The zero-order valence-corrected chi connectivity index (χ0v) is 20.1. The number of aliphatic hydroxyl groups excluding tert-OH is 1. The zero-order chi connectivity index (χ0) is 20.7. The summed E-state index contributed by atoms with van der Waals surface area (Å²) in [4.78, 5) is 7.27. The second kappa shape index (κ2) is 8.93. The van der Waals surface area contributed by atoms with Crippen LogP contribution in [0.15, 0.2) is 17.5 Å². The molecule has 1 aliphatic rings. The second-order valence-electron chi connectivity index (χ2n) is 10.1. The maximum absolute atomic E-state index is 10.9. The van der Waals surface area contributed by atoms with Gasteiger partial charge in [-0.25, -0.2) is 4.98 Å². The van der Waals surface area contributed by atoms with E-state index in [1.807, 2.05) is 0 Å². The monoisotopic (exact) mass is 438 g/mol. The van der Waals surface area contributed by atoms with Gasteiger partial charge in [-0.05, 0) is 35.8 Å². The Bertz CT molecular complexity index is 793. The van der Waals surface area contributed by atoms with Crippen molar-refractivity contribution < 1.29 is 10.2 Å². The molecule has 1 aromatic carbocycles. The van der Waals surface area contributed by atoms with Gasteiger partial charge in [0.15, 0.2) is 0 Å². The molecule has 0 atom stereocenters. The number of aromatic hydroxyl groups is 1. The van der Waals surface area contributed by atoms with Gasteiger partial charge in [-0.3, -0.25) is 4.90 Å². The van der Waals surface area contributed by atoms with Crippen LogP contribution in [0, 0.1) is 0 Å². The number of halogens is 1. The molecular formula is C23H35ClN2O2S. The number of hydrogen-bond donors (Lipinski definition) is 2. The first-order valence-corrected chi connectivity index (χ1v) is 11.1. The van der Waals surface area contributed by atoms with E-state index in [0.29, 0.717) is 5.75 Å². The number of thiazole rings is 1. The van der Waals surface area contributed by atoms with Crippen molar-refractivity contribution in [1.82, 2.24) is 9.88 Å². The number of nitrogens with zero attached hydrogens (tertiary/aromatic N) is 2. The molecule has 162 valence electrons. The Hall–Kier alpha value is -1.14. The summed E-state index contributed by atoms with van der Waals surface area (Å²) in [7, 11) is 0. The predicted octanol–water partition coefficient (Wildman–Crippen LogP) is 5.49. The van der Waals surface area contributed by atoms with Crippen molar-refractivity contribution >= 4 is 23.7 Å². The number of phenols is 1. The lowest BCUT2D eigenvalue weighted by Crippen LogP contribution is -2.35. The van der Waals surface area contributed by atoms with E-state index < -0.39 is 0 Å². The van der Waals surface area contributed by atoms with Crippen molar-refractivity contribution in [3.05, 3.63) is 33.6 Å². The minimum atomic E-state index is -0.147. The normalized spacial score (nSPS) is 16.7. The Balaban J connectivity index is 0.00000300. The Labute approximate surface area is 185 Å². The highest BCUT2D eigenvalue weighted by atomic mass is 35.5. The van der Waals surface area contributed by atoms with Gasteiger partial charge < -0.3 is 10.2 Å². The van der Waals surface area contributed by atoms with Crippen LogP contribution in [0.1, 0.15) is 70.5 Å². The molecule has 2 heterocycles. The van der Waals surface area contributed by atoms with Crippen molar-refractivity contribution in [1.29, 1.82) is 0 Å². The molecule has 4 nitrogen and oxygen atoms in total. The van der Waals surface area contributed by atoms with Crippen LogP contribution in [0.5, 0.6) is 5.75 Å². The summed E-state index contributed by atoms with van der Waals surface area (Å²) in [6.45, 7) is 15.5. The molecular weight excluding hydrogens is 404 g/mol. The minimum absolute atomic E-state index is 0. The van der Waals surface area contributed by atoms with E-state index >= 15 is 0 Å². The highest BCUT2D eigenvalue weighted by Crippen LogP contribution is 2.42. The van der Waals surface area contributed by atoms with Gasteiger partial charge in [0.1, 0.15) is 10.8 Å². The molecule has 1 aromatic heterocycles. The third kappa shape index (κ3) is 5.72. The zero-order valence-electron chi connectivity index (χ0n) is 18.5. The number of piperidine rings is 1. The largest absolute Gasteiger partial charge is 0.507 e. The SMILES string of the molecule is CC(C)(C)c1cc(-c2csc(CN3CCC(O)CC3)n2)cc(C(C)(C)C)c1O.Cl. The molecule has 1 fully saturated rings. The van der Waals surface area contributed by atoms with Crippen LogP contribution in [0.25, 0.3) is 11.3 Å². The van der Waals surface area contributed by atoms with Crippen LogP contribution >= 0.6 is 23.7 Å². The molecule has 29 heavy (non-hydrogen) atoms. The van der Waals surface area contributed by atoms with E-state index in [9.17, 15) is 10.2 Å². The highest BCUT2D eigenvalue weighted by molar-refractivity contribution is 7.09. The maximum atomic E-state index is 10.9. The first-order valence-electron chi connectivity index (χ1n) is 10.2. The van der Waals surface area contributed by atoms with E-state index in [0.717, 1.165) is 59.9 Å². The summed E-state index contributed by atoms with van der Waals surface area (Å²) in [5, 5.41) is 23.9. The van der Waals surface area contributed by atoms with Crippen LogP contribution in [0.2, 0.25) is 0 Å². The van der Waals surface area contributed by atoms with Crippen LogP contribution in [-0.2, 0) is 17.4 Å². The quantitative estimate of drug-likeness (QED) is 0.665. The van der Waals surface area contributed by atoms with Gasteiger partial charge in [-0.15, -0.1) is 23.7 Å². The second-order valence-corrected chi connectivity index (χ2v) is 11.0. The molecule has 1 saturated heterocycles. The van der Waals surface area contributed by atoms with E-state index in [4.69, 9.17) is 4.98 Å². The fourth-order valence-electron chi connectivity index (χ4n) is 3.71. The summed E-state index contributed by atoms with van der Waals surface area (Å²) in [6.07, 6.45) is 1.55. The Morgan fingerprint density at radius 2 is 1.55 bits per heavy atom. The minimum Gasteiger partial charge on any atom is -0.507 e. The topological polar surface area (TPSA) is 56.6 Å². The molecule has 0 aliphatic carbocycles. The first kappa shape index (κ1) is 24.1. The molecule has 0 amide bonds. The standard InChI is InChI=1S/C23H34N2O2S.ClH/c1-22(2,3)17-11-15(12-18(21(17)27)23(4,5)6)19-14-28-20(24-19)13-25-9-7-16(26)8-10-25;/h11-12,14,16,26-27H,7-10,13H2,1-6H3;1H. The van der Waals surface area contributed by atoms with Crippen LogP contribution in [0.3, 0.4) is 0 Å². The summed E-state index contributed by atoms with van der Waals surface area (Å²) in [5.74, 6) is 0.408. The van der Waals surface area contributed by atoms with Crippen LogP contribution in [0.4, 0.5) is 0 Å². The molecule has 0 radical (unpaired) electrons. The average molecular weight is 439 g/mol. The smallest absolute Gasteiger partial charge is 0.123 e. The lowest BCUT2D eigenvalue weighted by atomic mass is 9.78. The Morgan fingerprint density at radius 3 is 2.03 bits per heavy atom. The third-order valence-corrected chi connectivity index (χ3v) is 6.32. The van der Waals surface area contributed by atoms with Gasteiger partial charge in [-0.2, -0.15) is 0 Å². The molecule has 2 aromatic rings. The number of phenolic OH excluding ortho intramolecular Hbond substituents is 1. The lowest BCUT2D eigenvalue weighted by Gasteiger charge is -2.28. The first-order chi connectivity index (χ1) is 12.9. The number of aromatic nitrogens is 1. The van der Waals surface area contributed by atoms with Crippen molar-refractivity contribution in [2.24, 2.45) is 0 Å². The highest BCUT2D eigenvalue weighted by Gasteiger charge is 2.27. The number of benzene rings is 1. The van der Waals surface area contributed by atoms with Crippen LogP contribution in [-0.4, -0.2) is 39.3 Å². The summed E-state index contributed by atoms with van der Waals surface area (Å²) in [5.41, 5.74) is 3.70. The summed E-state index contributed by atoms with van der Waals surface area (Å²) in [6, 6.07) is 4.20. The number of aliphatic hydroxyl groups is 1. The fraction of sp³-hybridized carbons (Fsp3) is 0.609. The lowest BCUT2D eigenvalue weighted by molar-refractivity contribution is 0.0792. The van der Waals surface area contributed by atoms with Crippen molar-refractivity contribution in [3.8, 4) is 17.0 Å². The molecule has 1 aliphatic heterocycles. The molecule has 2 N–H and O–H groups in total. The molecule has 3 rings (SSSR count). The van der Waals surface area contributed by atoms with E-state index in [2.05, 4.69) is 64.0 Å².